The Morgan fingerprint density at radius 1 is 0.789 bits per heavy atom. The second-order valence-corrected chi connectivity index (χ2v) is 6.66. The molecule has 2 atom stereocenters. The van der Waals surface area contributed by atoms with Gasteiger partial charge < -0.3 is 0 Å². The van der Waals surface area contributed by atoms with Crippen molar-refractivity contribution in [3.8, 4) is 0 Å². The minimum absolute atomic E-state index is 0.699. The smallest absolute Gasteiger partial charge is 0.0469 e. The van der Waals surface area contributed by atoms with Gasteiger partial charge in [-0.2, -0.15) is 0 Å². The zero-order valence-electron chi connectivity index (χ0n) is 10.3. The molecule has 1 fully saturated rings. The van der Waals surface area contributed by atoms with Crippen molar-refractivity contribution in [3.63, 3.8) is 0 Å². The van der Waals surface area contributed by atoms with Crippen LogP contribution in [0, 0.1) is 0 Å². The second kappa shape index (κ2) is 3.43. The fourth-order valence-corrected chi connectivity index (χ4v) is 4.34. The standard InChI is InChI=1S/C18H12S/c1-2-4-13-11(3-1)5-9-15-14(13)8-6-12-7-10-16-18(19-16)17(12)15/h1-10,16,18H/t16-,18-/m0/s1. The topological polar surface area (TPSA) is 0 Å². The molecule has 1 saturated heterocycles. The fourth-order valence-electron chi connectivity index (χ4n) is 3.29. The first-order valence-electron chi connectivity index (χ1n) is 6.70. The van der Waals surface area contributed by atoms with Gasteiger partial charge in [0.05, 0.1) is 0 Å². The molecule has 1 aliphatic carbocycles. The van der Waals surface area contributed by atoms with Gasteiger partial charge in [0.2, 0.25) is 0 Å². The van der Waals surface area contributed by atoms with Crippen molar-refractivity contribution in [1.82, 2.24) is 0 Å². The minimum atomic E-state index is 0.699. The summed E-state index contributed by atoms with van der Waals surface area (Å²) >= 11 is 2.08. The predicted molar refractivity (Wildman–Crippen MR) is 84.6 cm³/mol. The molecule has 1 heterocycles. The van der Waals surface area contributed by atoms with Gasteiger partial charge >= 0.3 is 0 Å². The largest absolute Gasteiger partial charge is 0.143 e. The molecule has 0 aromatic heterocycles. The Bertz CT molecular complexity index is 860. The van der Waals surface area contributed by atoms with E-state index >= 15 is 0 Å². The van der Waals surface area contributed by atoms with Gasteiger partial charge in [-0.05, 0) is 32.7 Å². The van der Waals surface area contributed by atoms with Crippen molar-refractivity contribution in [3.05, 3.63) is 65.7 Å². The summed E-state index contributed by atoms with van der Waals surface area (Å²) < 4.78 is 0. The van der Waals surface area contributed by atoms with E-state index in [2.05, 4.69) is 72.4 Å². The lowest BCUT2D eigenvalue weighted by atomic mass is 9.90. The molecular weight excluding hydrogens is 248 g/mol. The lowest BCUT2D eigenvalue weighted by Crippen LogP contribution is -1.96. The van der Waals surface area contributed by atoms with Crippen LogP contribution >= 0.6 is 11.8 Å². The van der Waals surface area contributed by atoms with Crippen LogP contribution in [0.15, 0.2) is 54.6 Å². The van der Waals surface area contributed by atoms with E-state index in [1.165, 1.54) is 27.1 Å². The minimum Gasteiger partial charge on any atom is -0.143 e. The third-order valence-electron chi connectivity index (χ3n) is 4.28. The van der Waals surface area contributed by atoms with E-state index in [0.717, 1.165) is 5.25 Å². The van der Waals surface area contributed by atoms with Crippen molar-refractivity contribution in [2.75, 3.05) is 0 Å². The number of rotatable bonds is 0. The van der Waals surface area contributed by atoms with Gasteiger partial charge in [0.1, 0.15) is 0 Å². The van der Waals surface area contributed by atoms with E-state index in [1.54, 1.807) is 5.56 Å². The number of thioether (sulfide) groups is 1. The molecule has 0 N–H and O–H groups in total. The summed E-state index contributed by atoms with van der Waals surface area (Å²) in [5, 5.41) is 6.98. The SMILES string of the molecule is C1=C[C@@H]2S[C@@H]2c2c1ccc1c2ccc2ccccc21. The van der Waals surface area contributed by atoms with E-state index in [1.807, 2.05) is 0 Å². The molecule has 5 rings (SSSR count). The molecule has 0 saturated carbocycles. The van der Waals surface area contributed by atoms with Crippen LogP contribution in [-0.4, -0.2) is 5.25 Å². The van der Waals surface area contributed by atoms with Crippen molar-refractivity contribution < 1.29 is 0 Å². The quantitative estimate of drug-likeness (QED) is 0.396. The first-order valence-corrected chi connectivity index (χ1v) is 7.64. The van der Waals surface area contributed by atoms with Crippen LogP contribution < -0.4 is 0 Å². The highest BCUT2D eigenvalue weighted by Crippen LogP contribution is 2.60. The number of hydrogen-bond acceptors (Lipinski definition) is 1. The molecular formula is C18H12S. The summed E-state index contributed by atoms with van der Waals surface area (Å²) in [6.45, 7) is 0. The first kappa shape index (κ1) is 10.1. The summed E-state index contributed by atoms with van der Waals surface area (Å²) in [4.78, 5) is 0. The van der Waals surface area contributed by atoms with Crippen LogP contribution in [0.2, 0.25) is 0 Å². The summed E-state index contributed by atoms with van der Waals surface area (Å²) in [6, 6.07) is 17.8. The van der Waals surface area contributed by atoms with Crippen molar-refractivity contribution in [2.45, 2.75) is 10.5 Å². The number of hydrogen-bond donors (Lipinski definition) is 0. The third-order valence-corrected chi connectivity index (χ3v) is 5.53. The molecule has 0 amide bonds. The van der Waals surface area contributed by atoms with Gasteiger partial charge in [-0.1, -0.05) is 60.7 Å². The average molecular weight is 260 g/mol. The van der Waals surface area contributed by atoms with Gasteiger partial charge in [-0.15, -0.1) is 11.8 Å². The first-order chi connectivity index (χ1) is 9.42. The summed E-state index contributed by atoms with van der Waals surface area (Å²) in [6.07, 6.45) is 4.65. The van der Waals surface area contributed by atoms with Crippen LogP contribution in [-0.2, 0) is 0 Å². The maximum atomic E-state index is 2.35. The van der Waals surface area contributed by atoms with Gasteiger partial charge in [0.25, 0.3) is 0 Å². The summed E-state index contributed by atoms with van der Waals surface area (Å²) in [7, 11) is 0. The molecule has 0 spiro atoms. The van der Waals surface area contributed by atoms with Gasteiger partial charge in [-0.3, -0.25) is 0 Å². The lowest BCUT2D eigenvalue weighted by molar-refractivity contribution is 1.11. The molecule has 3 aromatic carbocycles. The van der Waals surface area contributed by atoms with E-state index in [4.69, 9.17) is 0 Å². The Hall–Kier alpha value is -1.73. The molecule has 0 nitrogen and oxygen atoms in total. The molecule has 3 aromatic rings. The Kier molecular flexibility index (Phi) is 1.82. The predicted octanol–water partition coefficient (Wildman–Crippen LogP) is 5.18. The highest BCUT2D eigenvalue weighted by Gasteiger charge is 2.41. The summed E-state index contributed by atoms with van der Waals surface area (Å²) in [5.41, 5.74) is 2.97. The molecule has 90 valence electrons. The summed E-state index contributed by atoms with van der Waals surface area (Å²) in [5.74, 6) is 0. The van der Waals surface area contributed by atoms with Crippen LogP contribution in [0.4, 0.5) is 0 Å². The maximum Gasteiger partial charge on any atom is 0.0469 e. The lowest BCUT2D eigenvalue weighted by Gasteiger charge is -2.14. The van der Waals surface area contributed by atoms with Crippen LogP contribution in [0.3, 0.4) is 0 Å². The van der Waals surface area contributed by atoms with E-state index in [9.17, 15) is 0 Å². The Labute approximate surface area is 116 Å². The molecule has 1 aliphatic heterocycles. The van der Waals surface area contributed by atoms with E-state index in [0.29, 0.717) is 5.25 Å². The number of fused-ring (bicyclic) bond motifs is 7. The number of benzene rings is 3. The van der Waals surface area contributed by atoms with Crippen LogP contribution in [0.25, 0.3) is 27.6 Å². The maximum absolute atomic E-state index is 2.35. The van der Waals surface area contributed by atoms with Crippen molar-refractivity contribution in [1.29, 1.82) is 0 Å². The van der Waals surface area contributed by atoms with Crippen LogP contribution in [0.1, 0.15) is 16.4 Å². The monoisotopic (exact) mass is 260 g/mol. The zero-order chi connectivity index (χ0) is 12.4. The second-order valence-electron chi connectivity index (χ2n) is 5.33. The highest BCUT2D eigenvalue weighted by molar-refractivity contribution is 8.07. The van der Waals surface area contributed by atoms with E-state index in [-0.39, 0.29) is 0 Å². The third kappa shape index (κ3) is 1.31. The highest BCUT2D eigenvalue weighted by atomic mass is 32.2. The fraction of sp³-hybridized carbons (Fsp3) is 0.111. The normalized spacial score (nSPS) is 23.4. The van der Waals surface area contributed by atoms with Crippen LogP contribution in [0.5, 0.6) is 0 Å². The Morgan fingerprint density at radius 2 is 1.68 bits per heavy atom. The average Bonchev–Trinajstić information content (AvgIpc) is 3.26. The Balaban J connectivity index is 1.97. The van der Waals surface area contributed by atoms with Crippen molar-refractivity contribution >= 4 is 39.4 Å². The molecule has 0 bridgehead atoms. The molecule has 2 aliphatic rings. The van der Waals surface area contributed by atoms with Gasteiger partial charge in [0.15, 0.2) is 0 Å². The Morgan fingerprint density at radius 3 is 2.68 bits per heavy atom. The molecule has 19 heavy (non-hydrogen) atoms. The van der Waals surface area contributed by atoms with E-state index < -0.39 is 0 Å². The van der Waals surface area contributed by atoms with Gasteiger partial charge in [-0.25, -0.2) is 0 Å². The zero-order valence-corrected chi connectivity index (χ0v) is 11.2. The molecule has 0 unspecified atom stereocenters. The molecule has 1 heteroatoms. The molecule has 0 radical (unpaired) electrons. The van der Waals surface area contributed by atoms with Crippen molar-refractivity contribution in [2.24, 2.45) is 0 Å². The van der Waals surface area contributed by atoms with Gasteiger partial charge in [0, 0.05) is 10.5 Å².